The second kappa shape index (κ2) is 4.61. The van der Waals surface area contributed by atoms with E-state index in [1.165, 1.54) is 0 Å². The van der Waals surface area contributed by atoms with Crippen LogP contribution in [0.15, 0.2) is 72.8 Å². The van der Waals surface area contributed by atoms with Gasteiger partial charge < -0.3 is 0 Å². The minimum absolute atomic E-state index is 0.702. The summed E-state index contributed by atoms with van der Waals surface area (Å²) < 4.78 is 14.4. The molecule has 0 bridgehead atoms. The van der Waals surface area contributed by atoms with Crippen molar-refractivity contribution in [2.75, 3.05) is 0 Å². The quantitative estimate of drug-likeness (QED) is 0.593. The molecule has 0 fully saturated rings. The Morgan fingerprint density at radius 3 is 2.06 bits per heavy atom. The minimum atomic E-state index is -1.06. The van der Waals surface area contributed by atoms with Gasteiger partial charge in [-0.25, -0.2) is 4.39 Å². The summed E-state index contributed by atoms with van der Waals surface area (Å²) in [5, 5.41) is 2.22. The van der Waals surface area contributed by atoms with E-state index in [-0.39, 0.29) is 0 Å². The molecule has 0 N–H and O–H groups in total. The molecule has 0 heterocycles. The second-order valence-electron chi connectivity index (χ2n) is 4.38. The van der Waals surface area contributed by atoms with E-state index < -0.39 is 6.17 Å². The Balaban J connectivity index is 2.04. The SMILES string of the molecule is FC(c1ccccc1)c1ccc2ccccc2c1. The summed E-state index contributed by atoms with van der Waals surface area (Å²) in [6.07, 6.45) is -1.06. The average Bonchev–Trinajstić information content (AvgIpc) is 2.47. The van der Waals surface area contributed by atoms with E-state index in [0.717, 1.165) is 10.8 Å². The molecule has 0 radical (unpaired) electrons. The third-order valence-corrected chi connectivity index (χ3v) is 3.16. The summed E-state index contributed by atoms with van der Waals surface area (Å²) in [5.41, 5.74) is 1.41. The molecule has 0 aliphatic rings. The zero-order chi connectivity index (χ0) is 12.4. The molecular formula is C17H13F. The first-order valence-electron chi connectivity index (χ1n) is 6.02. The van der Waals surface area contributed by atoms with Crippen molar-refractivity contribution in [2.45, 2.75) is 6.17 Å². The Morgan fingerprint density at radius 2 is 1.28 bits per heavy atom. The maximum atomic E-state index is 14.4. The van der Waals surface area contributed by atoms with Crippen LogP contribution in [0.5, 0.6) is 0 Å². The molecule has 0 saturated carbocycles. The molecule has 18 heavy (non-hydrogen) atoms. The van der Waals surface area contributed by atoms with Crippen LogP contribution in [0.2, 0.25) is 0 Å². The highest BCUT2D eigenvalue weighted by Gasteiger charge is 2.12. The summed E-state index contributed by atoms with van der Waals surface area (Å²) >= 11 is 0. The molecular weight excluding hydrogens is 223 g/mol. The standard InChI is InChI=1S/C17H13F/c18-17(14-7-2-1-3-8-14)16-11-10-13-6-4-5-9-15(13)12-16/h1-12,17H. The van der Waals surface area contributed by atoms with Gasteiger partial charge in [0, 0.05) is 0 Å². The van der Waals surface area contributed by atoms with Crippen LogP contribution in [0, 0.1) is 0 Å². The van der Waals surface area contributed by atoms with E-state index in [0.29, 0.717) is 11.1 Å². The van der Waals surface area contributed by atoms with Gasteiger partial charge in [0.15, 0.2) is 6.17 Å². The van der Waals surface area contributed by atoms with Gasteiger partial charge in [0.05, 0.1) is 0 Å². The van der Waals surface area contributed by atoms with Crippen LogP contribution in [0.3, 0.4) is 0 Å². The fourth-order valence-electron chi connectivity index (χ4n) is 2.18. The van der Waals surface area contributed by atoms with Gasteiger partial charge in [0.25, 0.3) is 0 Å². The van der Waals surface area contributed by atoms with E-state index in [2.05, 4.69) is 0 Å². The average molecular weight is 236 g/mol. The first-order chi connectivity index (χ1) is 8.84. The molecule has 1 heteroatoms. The summed E-state index contributed by atoms with van der Waals surface area (Å²) in [7, 11) is 0. The van der Waals surface area contributed by atoms with Gasteiger partial charge in [-0.05, 0) is 28.0 Å². The predicted molar refractivity (Wildman–Crippen MR) is 73.3 cm³/mol. The highest BCUT2D eigenvalue weighted by Crippen LogP contribution is 2.28. The van der Waals surface area contributed by atoms with Crippen molar-refractivity contribution < 1.29 is 4.39 Å². The molecule has 0 aliphatic heterocycles. The number of fused-ring (bicyclic) bond motifs is 1. The molecule has 3 rings (SSSR count). The van der Waals surface area contributed by atoms with Gasteiger partial charge in [0.2, 0.25) is 0 Å². The number of rotatable bonds is 2. The highest BCUT2D eigenvalue weighted by atomic mass is 19.1. The molecule has 0 spiro atoms. The first kappa shape index (κ1) is 11.0. The summed E-state index contributed by atoms with van der Waals surface area (Å²) in [4.78, 5) is 0. The van der Waals surface area contributed by atoms with Crippen molar-refractivity contribution in [2.24, 2.45) is 0 Å². The van der Waals surface area contributed by atoms with Gasteiger partial charge in [-0.3, -0.25) is 0 Å². The molecule has 0 saturated heterocycles. The van der Waals surface area contributed by atoms with Crippen LogP contribution >= 0.6 is 0 Å². The molecule has 1 atom stereocenters. The van der Waals surface area contributed by atoms with Crippen molar-refractivity contribution in [1.29, 1.82) is 0 Å². The Kier molecular flexibility index (Phi) is 2.81. The summed E-state index contributed by atoms with van der Waals surface area (Å²) in [5.74, 6) is 0. The predicted octanol–water partition coefficient (Wildman–Crippen LogP) is 4.90. The zero-order valence-electron chi connectivity index (χ0n) is 9.88. The number of hydrogen-bond donors (Lipinski definition) is 0. The topological polar surface area (TPSA) is 0 Å². The molecule has 1 unspecified atom stereocenters. The Hall–Kier alpha value is -2.15. The Labute approximate surface area is 106 Å². The second-order valence-corrected chi connectivity index (χ2v) is 4.38. The van der Waals surface area contributed by atoms with Crippen LogP contribution in [0.1, 0.15) is 17.3 Å². The van der Waals surface area contributed by atoms with Crippen LogP contribution < -0.4 is 0 Å². The minimum Gasteiger partial charge on any atom is -0.237 e. The van der Waals surface area contributed by atoms with Gasteiger partial charge in [-0.15, -0.1) is 0 Å². The smallest absolute Gasteiger partial charge is 0.150 e. The maximum Gasteiger partial charge on any atom is 0.150 e. The highest BCUT2D eigenvalue weighted by molar-refractivity contribution is 5.83. The van der Waals surface area contributed by atoms with Crippen molar-refractivity contribution in [1.82, 2.24) is 0 Å². The van der Waals surface area contributed by atoms with Crippen molar-refractivity contribution in [3.63, 3.8) is 0 Å². The number of hydrogen-bond acceptors (Lipinski definition) is 0. The van der Waals surface area contributed by atoms with Crippen LogP contribution in [0.25, 0.3) is 10.8 Å². The largest absolute Gasteiger partial charge is 0.237 e. The lowest BCUT2D eigenvalue weighted by molar-refractivity contribution is 0.402. The van der Waals surface area contributed by atoms with E-state index in [1.54, 1.807) is 0 Å². The Bertz CT molecular complexity index is 659. The molecule has 3 aromatic rings. The lowest BCUT2D eigenvalue weighted by Crippen LogP contribution is -1.93. The van der Waals surface area contributed by atoms with Crippen molar-refractivity contribution in [3.05, 3.63) is 83.9 Å². The van der Waals surface area contributed by atoms with Gasteiger partial charge in [-0.2, -0.15) is 0 Å². The van der Waals surface area contributed by atoms with E-state index in [1.807, 2.05) is 72.8 Å². The monoisotopic (exact) mass is 236 g/mol. The molecule has 3 aromatic carbocycles. The van der Waals surface area contributed by atoms with Gasteiger partial charge >= 0.3 is 0 Å². The summed E-state index contributed by atoms with van der Waals surface area (Å²) in [6.45, 7) is 0. The van der Waals surface area contributed by atoms with Crippen LogP contribution in [0.4, 0.5) is 4.39 Å². The van der Waals surface area contributed by atoms with Crippen molar-refractivity contribution in [3.8, 4) is 0 Å². The molecule has 0 aromatic heterocycles. The van der Waals surface area contributed by atoms with E-state index in [4.69, 9.17) is 0 Å². The first-order valence-corrected chi connectivity index (χ1v) is 6.02. The summed E-state index contributed by atoms with van der Waals surface area (Å²) in [6, 6.07) is 23.0. The fraction of sp³-hybridized carbons (Fsp3) is 0.0588. The molecule has 0 aliphatic carbocycles. The van der Waals surface area contributed by atoms with E-state index >= 15 is 0 Å². The lowest BCUT2D eigenvalue weighted by Gasteiger charge is -2.09. The molecule has 0 nitrogen and oxygen atoms in total. The third-order valence-electron chi connectivity index (χ3n) is 3.16. The number of benzene rings is 3. The number of alkyl halides is 1. The van der Waals surface area contributed by atoms with E-state index in [9.17, 15) is 4.39 Å². The zero-order valence-corrected chi connectivity index (χ0v) is 9.88. The number of halogens is 1. The molecule has 0 amide bonds. The normalized spacial score (nSPS) is 12.5. The fourth-order valence-corrected chi connectivity index (χ4v) is 2.18. The third kappa shape index (κ3) is 2.00. The van der Waals surface area contributed by atoms with Gasteiger partial charge in [0.1, 0.15) is 0 Å². The molecule has 88 valence electrons. The maximum absolute atomic E-state index is 14.4. The van der Waals surface area contributed by atoms with Gasteiger partial charge in [-0.1, -0.05) is 66.7 Å². The Morgan fingerprint density at radius 1 is 0.611 bits per heavy atom. The van der Waals surface area contributed by atoms with Crippen molar-refractivity contribution >= 4 is 10.8 Å². The van der Waals surface area contributed by atoms with Crippen LogP contribution in [-0.2, 0) is 0 Å². The van der Waals surface area contributed by atoms with Crippen LogP contribution in [-0.4, -0.2) is 0 Å². The lowest BCUT2D eigenvalue weighted by atomic mass is 10.00.